The molecule has 0 saturated carbocycles. The van der Waals surface area contributed by atoms with E-state index in [1.54, 1.807) is 7.11 Å². The first-order valence-electron chi connectivity index (χ1n) is 8.05. The molecule has 1 aliphatic heterocycles. The molecule has 0 saturated heterocycles. The van der Waals surface area contributed by atoms with Crippen molar-refractivity contribution in [2.75, 3.05) is 7.11 Å². The smallest absolute Gasteiger partial charge is 0.294 e. The fourth-order valence-corrected chi connectivity index (χ4v) is 4.35. The highest BCUT2D eigenvalue weighted by Gasteiger charge is 2.32. The topological polar surface area (TPSA) is 18.0 Å². The summed E-state index contributed by atoms with van der Waals surface area (Å²) in [6, 6.07) is 8.80. The van der Waals surface area contributed by atoms with Crippen molar-refractivity contribution in [3.63, 3.8) is 0 Å². The lowest BCUT2D eigenvalue weighted by Gasteiger charge is -2.10. The quantitative estimate of drug-likeness (QED) is 0.466. The fraction of sp³-hybridized carbons (Fsp3) is 0.250. The summed E-state index contributed by atoms with van der Waals surface area (Å²) >= 11 is 3.63. The third-order valence-electron chi connectivity index (χ3n) is 4.73. The zero-order valence-electron chi connectivity index (χ0n) is 14.4. The van der Waals surface area contributed by atoms with Crippen LogP contribution in [0.25, 0.3) is 17.1 Å². The minimum atomic E-state index is 0.880. The molecule has 1 aliphatic rings. The molecule has 0 amide bonds. The Morgan fingerprint density at radius 3 is 2.46 bits per heavy atom. The zero-order valence-corrected chi connectivity index (χ0v) is 15.9. The number of imidazole rings is 1. The molecule has 2 aromatic carbocycles. The maximum absolute atomic E-state index is 5.45. The van der Waals surface area contributed by atoms with Gasteiger partial charge in [0, 0.05) is 5.56 Å². The second-order valence-corrected chi connectivity index (χ2v) is 7.37. The molecule has 0 atom stereocenters. The van der Waals surface area contributed by atoms with Crippen LogP contribution in [-0.4, -0.2) is 11.7 Å². The van der Waals surface area contributed by atoms with Gasteiger partial charge in [-0.1, -0.05) is 17.7 Å². The highest BCUT2D eigenvalue weighted by atomic mass is 79.9. The highest BCUT2D eigenvalue weighted by molar-refractivity contribution is 9.10. The fourth-order valence-electron chi connectivity index (χ4n) is 3.85. The van der Waals surface area contributed by atoms with Crippen molar-refractivity contribution in [2.24, 2.45) is 0 Å². The molecular formula is C20H20BrN2O+. The SMILES string of the molecule is COc1cc2c(cc1Br)-c1n(-c3c(C)cc(C)cc3C)cc[n+]1C2. The molecule has 2 heterocycles. The lowest BCUT2D eigenvalue weighted by atomic mass is 10.0. The summed E-state index contributed by atoms with van der Waals surface area (Å²) < 4.78 is 11.1. The molecule has 122 valence electrons. The largest absolute Gasteiger partial charge is 0.496 e. The number of hydrogen-bond donors (Lipinski definition) is 0. The summed E-state index contributed by atoms with van der Waals surface area (Å²) in [4.78, 5) is 0. The summed E-state index contributed by atoms with van der Waals surface area (Å²) in [5, 5.41) is 0. The van der Waals surface area contributed by atoms with E-state index in [0.717, 1.165) is 16.8 Å². The molecule has 0 radical (unpaired) electrons. The number of ether oxygens (including phenoxy) is 1. The van der Waals surface area contributed by atoms with Crippen molar-refractivity contribution in [1.29, 1.82) is 0 Å². The van der Waals surface area contributed by atoms with Gasteiger partial charge in [0.25, 0.3) is 5.82 Å². The standard InChI is InChI=1S/C20H20BrN2O/c1-12-7-13(2)19(14(3)8-12)23-6-5-22-11-15-9-18(24-4)17(21)10-16(15)20(22)23/h5-10H,11H2,1-4H3/q+1. The first-order chi connectivity index (χ1) is 11.5. The second-order valence-electron chi connectivity index (χ2n) is 6.51. The van der Waals surface area contributed by atoms with Gasteiger partial charge in [-0.25, -0.2) is 4.57 Å². The normalized spacial score (nSPS) is 12.2. The van der Waals surface area contributed by atoms with Crippen LogP contribution in [-0.2, 0) is 6.54 Å². The molecule has 24 heavy (non-hydrogen) atoms. The number of fused-ring (bicyclic) bond motifs is 3. The molecule has 0 spiro atoms. The minimum Gasteiger partial charge on any atom is -0.496 e. The van der Waals surface area contributed by atoms with E-state index >= 15 is 0 Å². The number of rotatable bonds is 2. The molecule has 1 aromatic heterocycles. The van der Waals surface area contributed by atoms with Crippen molar-refractivity contribution < 1.29 is 9.30 Å². The van der Waals surface area contributed by atoms with Crippen molar-refractivity contribution in [2.45, 2.75) is 27.3 Å². The summed E-state index contributed by atoms with van der Waals surface area (Å²) in [5.41, 5.74) is 7.72. The molecule has 4 rings (SSSR count). The Balaban J connectivity index is 1.95. The number of benzene rings is 2. The van der Waals surface area contributed by atoms with Crippen molar-refractivity contribution in [1.82, 2.24) is 4.57 Å². The predicted molar refractivity (Wildman–Crippen MR) is 99.0 cm³/mol. The predicted octanol–water partition coefficient (Wildman–Crippen LogP) is 4.49. The van der Waals surface area contributed by atoms with Crippen LogP contribution in [0, 0.1) is 20.8 Å². The zero-order chi connectivity index (χ0) is 17.0. The van der Waals surface area contributed by atoms with E-state index in [2.05, 4.69) is 82.5 Å². The molecule has 0 unspecified atom stereocenters. The lowest BCUT2D eigenvalue weighted by Crippen LogP contribution is -2.30. The molecular weight excluding hydrogens is 364 g/mol. The van der Waals surface area contributed by atoms with Crippen LogP contribution in [0.5, 0.6) is 5.75 Å². The van der Waals surface area contributed by atoms with Crippen LogP contribution in [0.4, 0.5) is 0 Å². The van der Waals surface area contributed by atoms with Crippen LogP contribution >= 0.6 is 15.9 Å². The second kappa shape index (κ2) is 5.49. The first-order valence-corrected chi connectivity index (χ1v) is 8.84. The van der Waals surface area contributed by atoms with E-state index in [0.29, 0.717) is 0 Å². The van der Waals surface area contributed by atoms with Gasteiger partial charge in [0.2, 0.25) is 0 Å². The maximum atomic E-state index is 5.45. The average molecular weight is 384 g/mol. The van der Waals surface area contributed by atoms with E-state index in [1.807, 2.05) is 0 Å². The Hall–Kier alpha value is -2.07. The van der Waals surface area contributed by atoms with Crippen LogP contribution in [0.2, 0.25) is 0 Å². The number of aryl methyl sites for hydroxylation is 3. The third-order valence-corrected chi connectivity index (χ3v) is 5.35. The van der Waals surface area contributed by atoms with Crippen molar-refractivity contribution in [3.05, 3.63) is 63.4 Å². The highest BCUT2D eigenvalue weighted by Crippen LogP contribution is 2.37. The van der Waals surface area contributed by atoms with E-state index in [9.17, 15) is 0 Å². The van der Waals surface area contributed by atoms with Gasteiger partial charge in [0.05, 0.1) is 17.1 Å². The molecule has 3 aromatic rings. The Morgan fingerprint density at radius 1 is 1.08 bits per heavy atom. The lowest BCUT2D eigenvalue weighted by molar-refractivity contribution is -0.671. The van der Waals surface area contributed by atoms with Crippen LogP contribution in [0.3, 0.4) is 0 Å². The Bertz CT molecular complexity index is 949. The minimum absolute atomic E-state index is 0.880. The maximum Gasteiger partial charge on any atom is 0.294 e. The van der Waals surface area contributed by atoms with Crippen LogP contribution < -0.4 is 9.30 Å². The molecule has 4 heteroatoms. The number of methoxy groups -OCH3 is 1. The molecule has 0 N–H and O–H groups in total. The molecule has 3 nitrogen and oxygen atoms in total. The molecule has 0 fully saturated rings. The average Bonchev–Trinajstić information content (AvgIpc) is 3.05. The van der Waals surface area contributed by atoms with Crippen molar-refractivity contribution in [3.8, 4) is 22.8 Å². The van der Waals surface area contributed by atoms with Gasteiger partial charge in [0.1, 0.15) is 30.4 Å². The number of aromatic nitrogens is 2. The Morgan fingerprint density at radius 2 is 1.79 bits per heavy atom. The Kier molecular flexibility index (Phi) is 3.53. The van der Waals surface area contributed by atoms with Gasteiger partial charge in [-0.3, -0.25) is 0 Å². The van der Waals surface area contributed by atoms with Gasteiger partial charge in [-0.2, -0.15) is 4.57 Å². The molecule has 0 bridgehead atoms. The summed E-state index contributed by atoms with van der Waals surface area (Å²) in [5.74, 6) is 2.11. The number of halogens is 1. The first kappa shape index (κ1) is 15.5. The number of hydrogen-bond acceptors (Lipinski definition) is 1. The van der Waals surface area contributed by atoms with Gasteiger partial charge in [-0.05, 0) is 60.0 Å². The van der Waals surface area contributed by atoms with Crippen molar-refractivity contribution >= 4 is 15.9 Å². The van der Waals surface area contributed by atoms with Gasteiger partial charge >= 0.3 is 0 Å². The van der Waals surface area contributed by atoms with Crippen LogP contribution in [0.1, 0.15) is 22.3 Å². The monoisotopic (exact) mass is 383 g/mol. The van der Waals surface area contributed by atoms with E-state index in [4.69, 9.17) is 4.74 Å². The van der Waals surface area contributed by atoms with E-state index in [-0.39, 0.29) is 0 Å². The van der Waals surface area contributed by atoms with E-state index < -0.39 is 0 Å². The van der Waals surface area contributed by atoms with Crippen LogP contribution in [0.15, 0.2) is 41.1 Å². The summed E-state index contributed by atoms with van der Waals surface area (Å²) in [6.45, 7) is 7.40. The van der Waals surface area contributed by atoms with E-state index in [1.165, 1.54) is 39.3 Å². The molecule has 0 aliphatic carbocycles. The third kappa shape index (κ3) is 2.20. The van der Waals surface area contributed by atoms with Gasteiger partial charge in [0.15, 0.2) is 0 Å². The summed E-state index contributed by atoms with van der Waals surface area (Å²) in [7, 11) is 1.71. The Labute approximate surface area is 150 Å². The summed E-state index contributed by atoms with van der Waals surface area (Å²) in [6.07, 6.45) is 4.33. The number of nitrogens with zero attached hydrogens (tertiary/aromatic N) is 2. The van der Waals surface area contributed by atoms with Gasteiger partial charge < -0.3 is 4.74 Å². The van der Waals surface area contributed by atoms with Gasteiger partial charge in [-0.15, -0.1) is 0 Å².